The van der Waals surface area contributed by atoms with Crippen LogP contribution >= 0.6 is 0 Å². The van der Waals surface area contributed by atoms with E-state index in [4.69, 9.17) is 14.7 Å². The third-order valence-electron chi connectivity index (χ3n) is 8.58. The van der Waals surface area contributed by atoms with E-state index >= 15 is 0 Å². The Labute approximate surface area is 253 Å². The van der Waals surface area contributed by atoms with Crippen molar-refractivity contribution in [3.8, 4) is 11.6 Å². The number of carbonyl (C=O) groups is 1. The van der Waals surface area contributed by atoms with Gasteiger partial charge in [0.2, 0.25) is 11.8 Å². The molecule has 1 amide bonds. The molecular weight excluding hydrogens is 542 g/mol. The summed E-state index contributed by atoms with van der Waals surface area (Å²) >= 11 is 0. The van der Waals surface area contributed by atoms with Crippen molar-refractivity contribution >= 4 is 28.6 Å². The van der Waals surface area contributed by atoms with E-state index in [1.807, 2.05) is 32.2 Å². The molecule has 2 aliphatic heterocycles. The first-order valence-electron chi connectivity index (χ1n) is 15.0. The lowest BCUT2D eigenvalue weighted by atomic mass is 10.1. The summed E-state index contributed by atoms with van der Waals surface area (Å²) in [5, 5.41) is 8.19. The van der Waals surface area contributed by atoms with Gasteiger partial charge in [0.25, 0.3) is 5.91 Å². The number of piperazine rings is 2. The topological polar surface area (TPSA) is 94.9 Å². The van der Waals surface area contributed by atoms with Crippen molar-refractivity contribution in [3.05, 3.63) is 64.8 Å². The molecule has 2 fully saturated rings. The highest BCUT2D eigenvalue weighted by molar-refractivity contribution is 6.04. The molecule has 2 aromatic heterocycles. The summed E-state index contributed by atoms with van der Waals surface area (Å²) in [6, 6.07) is 11.7. The lowest BCUT2D eigenvalue weighted by Crippen LogP contribution is -2.45. The van der Waals surface area contributed by atoms with Crippen LogP contribution in [0.3, 0.4) is 0 Å². The van der Waals surface area contributed by atoms with Crippen molar-refractivity contribution in [2.24, 2.45) is 7.05 Å². The molecule has 0 radical (unpaired) electrons. The molecule has 43 heavy (non-hydrogen) atoms. The smallest absolute Gasteiger partial charge is 0.255 e. The van der Waals surface area contributed by atoms with Crippen molar-refractivity contribution in [1.29, 1.82) is 0 Å². The molecule has 0 atom stereocenters. The summed E-state index contributed by atoms with van der Waals surface area (Å²) in [7, 11) is 6.16. The van der Waals surface area contributed by atoms with E-state index in [1.165, 1.54) is 11.1 Å². The van der Waals surface area contributed by atoms with Crippen LogP contribution in [0.2, 0.25) is 0 Å². The van der Waals surface area contributed by atoms with Gasteiger partial charge in [0, 0.05) is 77.2 Å². The van der Waals surface area contributed by atoms with Gasteiger partial charge < -0.3 is 24.8 Å². The van der Waals surface area contributed by atoms with Crippen LogP contribution in [-0.2, 0) is 13.6 Å². The fraction of sp³-hybridized carbons (Fsp3) is 0.438. The summed E-state index contributed by atoms with van der Waals surface area (Å²) in [6.07, 6.45) is 1.72. The first-order valence-corrected chi connectivity index (χ1v) is 15.0. The van der Waals surface area contributed by atoms with Crippen LogP contribution in [0.1, 0.15) is 27.0 Å². The highest BCUT2D eigenvalue weighted by Crippen LogP contribution is 2.32. The van der Waals surface area contributed by atoms with Crippen LogP contribution in [0.15, 0.2) is 42.6 Å². The number of ether oxygens (including phenoxy) is 1. The van der Waals surface area contributed by atoms with Gasteiger partial charge in [0.1, 0.15) is 11.1 Å². The monoisotopic (exact) mass is 583 g/mol. The Morgan fingerprint density at radius 3 is 2.30 bits per heavy atom. The minimum Gasteiger partial charge on any atom is -0.438 e. The van der Waals surface area contributed by atoms with Gasteiger partial charge in [-0.15, -0.1) is 0 Å². The Kier molecular flexibility index (Phi) is 8.29. The summed E-state index contributed by atoms with van der Waals surface area (Å²) in [5.74, 6) is 1.43. The first-order chi connectivity index (χ1) is 20.7. The standard InChI is InChI=1S/C32H41N9O2/c1-22-6-7-24(30(42)34-26-9-8-25(23(2)18-26)21-40-14-10-37(3)11-15-40)19-28(22)43-31-27-20-33-39(5)29(27)35-32(36-31)41-16-12-38(4)13-17-41/h6-9,18-20H,10-17,21H2,1-5H3,(H,34,42). The van der Waals surface area contributed by atoms with Gasteiger partial charge in [0.15, 0.2) is 5.65 Å². The van der Waals surface area contributed by atoms with E-state index in [1.54, 1.807) is 16.9 Å². The number of rotatable bonds is 7. The largest absolute Gasteiger partial charge is 0.438 e. The molecule has 0 aliphatic carbocycles. The van der Waals surface area contributed by atoms with Crippen molar-refractivity contribution in [1.82, 2.24) is 34.4 Å². The number of hydrogen-bond acceptors (Lipinski definition) is 9. The molecule has 2 saturated heterocycles. The zero-order valence-corrected chi connectivity index (χ0v) is 25.8. The van der Waals surface area contributed by atoms with E-state index in [9.17, 15) is 4.79 Å². The fourth-order valence-electron chi connectivity index (χ4n) is 5.57. The molecule has 11 nitrogen and oxygen atoms in total. The molecule has 2 aromatic carbocycles. The molecule has 1 N–H and O–H groups in total. The highest BCUT2D eigenvalue weighted by Gasteiger charge is 2.22. The molecule has 4 aromatic rings. The van der Waals surface area contributed by atoms with E-state index in [0.29, 0.717) is 28.8 Å². The normalized spacial score (nSPS) is 17.0. The van der Waals surface area contributed by atoms with Crippen LogP contribution in [0.5, 0.6) is 11.6 Å². The van der Waals surface area contributed by atoms with Crippen molar-refractivity contribution in [2.75, 3.05) is 76.7 Å². The Morgan fingerprint density at radius 2 is 1.58 bits per heavy atom. The minimum atomic E-state index is -0.191. The molecule has 6 rings (SSSR count). The Bertz CT molecular complexity index is 1620. The van der Waals surface area contributed by atoms with Crippen LogP contribution in [0, 0.1) is 13.8 Å². The predicted molar refractivity (Wildman–Crippen MR) is 169 cm³/mol. The lowest BCUT2D eigenvalue weighted by Gasteiger charge is -2.32. The molecule has 2 aliphatic rings. The summed E-state index contributed by atoms with van der Waals surface area (Å²) in [5.41, 5.74) is 5.35. The number of benzene rings is 2. The number of hydrogen-bond donors (Lipinski definition) is 1. The number of nitrogens with zero attached hydrogens (tertiary/aromatic N) is 8. The quantitative estimate of drug-likeness (QED) is 0.351. The van der Waals surface area contributed by atoms with Crippen molar-refractivity contribution < 1.29 is 9.53 Å². The second-order valence-corrected chi connectivity index (χ2v) is 11.9. The maximum Gasteiger partial charge on any atom is 0.255 e. The molecule has 0 bridgehead atoms. The average Bonchev–Trinajstić information content (AvgIpc) is 3.37. The third-order valence-corrected chi connectivity index (χ3v) is 8.58. The van der Waals surface area contributed by atoms with Gasteiger partial charge >= 0.3 is 0 Å². The highest BCUT2D eigenvalue weighted by atomic mass is 16.5. The molecule has 0 spiro atoms. The molecular formula is C32H41N9O2. The number of anilines is 2. The maximum atomic E-state index is 13.3. The second kappa shape index (κ2) is 12.3. The van der Waals surface area contributed by atoms with E-state index in [0.717, 1.165) is 75.5 Å². The van der Waals surface area contributed by atoms with E-state index in [2.05, 4.69) is 63.2 Å². The number of likely N-dealkylation sites (N-methyl/N-ethyl adjacent to an activating group) is 2. The average molecular weight is 584 g/mol. The molecule has 0 unspecified atom stereocenters. The van der Waals surface area contributed by atoms with Crippen LogP contribution in [0.25, 0.3) is 11.0 Å². The Balaban J connectivity index is 1.19. The Hall–Kier alpha value is -4.06. The van der Waals surface area contributed by atoms with Gasteiger partial charge in [0.05, 0.1) is 6.20 Å². The number of amides is 1. The summed E-state index contributed by atoms with van der Waals surface area (Å²) in [4.78, 5) is 32.3. The van der Waals surface area contributed by atoms with Crippen molar-refractivity contribution in [2.45, 2.75) is 20.4 Å². The fourth-order valence-corrected chi connectivity index (χ4v) is 5.57. The number of nitrogens with one attached hydrogen (secondary N) is 1. The first kappa shape index (κ1) is 29.0. The molecule has 0 saturated carbocycles. The van der Waals surface area contributed by atoms with E-state index < -0.39 is 0 Å². The molecule has 4 heterocycles. The van der Waals surface area contributed by atoms with Crippen molar-refractivity contribution in [3.63, 3.8) is 0 Å². The van der Waals surface area contributed by atoms with Crippen LogP contribution < -0.4 is 15.0 Å². The zero-order valence-electron chi connectivity index (χ0n) is 25.8. The van der Waals surface area contributed by atoms with Crippen LogP contribution in [-0.4, -0.2) is 107 Å². The summed E-state index contributed by atoms with van der Waals surface area (Å²) in [6.45, 7) is 12.9. The second-order valence-electron chi connectivity index (χ2n) is 11.9. The van der Waals surface area contributed by atoms with Gasteiger partial charge in [-0.05, 0) is 68.9 Å². The number of carbonyl (C=O) groups excluding carboxylic acids is 1. The lowest BCUT2D eigenvalue weighted by molar-refractivity contribution is 0.102. The SMILES string of the molecule is Cc1cc(NC(=O)c2ccc(C)c(Oc3nc(N4CCN(C)CC4)nc4c3cnn4C)c2)ccc1CN1CCN(C)CC1. The minimum absolute atomic E-state index is 0.191. The summed E-state index contributed by atoms with van der Waals surface area (Å²) < 4.78 is 8.15. The third kappa shape index (κ3) is 6.48. The van der Waals surface area contributed by atoms with Gasteiger partial charge in [-0.25, -0.2) is 0 Å². The van der Waals surface area contributed by atoms with Crippen LogP contribution in [0.4, 0.5) is 11.6 Å². The zero-order chi connectivity index (χ0) is 30.1. The van der Waals surface area contributed by atoms with Gasteiger partial charge in [-0.1, -0.05) is 12.1 Å². The number of aryl methyl sites for hydroxylation is 3. The number of aromatic nitrogens is 4. The van der Waals surface area contributed by atoms with E-state index in [-0.39, 0.29) is 5.91 Å². The van der Waals surface area contributed by atoms with Gasteiger partial charge in [-0.3, -0.25) is 14.4 Å². The van der Waals surface area contributed by atoms with Gasteiger partial charge in [-0.2, -0.15) is 15.1 Å². The molecule has 11 heteroatoms. The Morgan fingerprint density at radius 1 is 0.860 bits per heavy atom. The number of fused-ring (bicyclic) bond motifs is 1. The molecule has 226 valence electrons. The predicted octanol–water partition coefficient (Wildman–Crippen LogP) is 3.52. The maximum absolute atomic E-state index is 13.3.